The highest BCUT2D eigenvalue weighted by Crippen LogP contribution is 2.48. The lowest BCUT2D eigenvalue weighted by Crippen LogP contribution is -2.41. The van der Waals surface area contributed by atoms with Crippen molar-refractivity contribution >= 4 is 17.3 Å². The van der Waals surface area contributed by atoms with Crippen LogP contribution >= 0.6 is 11.3 Å². The zero-order chi connectivity index (χ0) is 20.3. The second kappa shape index (κ2) is 8.32. The maximum atomic E-state index is 14.3. The molecule has 29 heavy (non-hydrogen) atoms. The summed E-state index contributed by atoms with van der Waals surface area (Å²) >= 11 is 1.70. The molecule has 0 radical (unpaired) electrons. The fourth-order valence-corrected chi connectivity index (χ4v) is 3.98. The Morgan fingerprint density at radius 3 is 2.69 bits per heavy atom. The topological polar surface area (TPSA) is 67.1 Å². The van der Waals surface area contributed by atoms with Gasteiger partial charge in [-0.25, -0.2) is 9.38 Å². The molecular formula is C21H25FN6S. The van der Waals surface area contributed by atoms with Gasteiger partial charge in [0, 0.05) is 23.9 Å². The van der Waals surface area contributed by atoms with Crippen LogP contribution in [0.1, 0.15) is 34.9 Å². The molecule has 1 aliphatic rings. The van der Waals surface area contributed by atoms with E-state index in [1.54, 1.807) is 17.4 Å². The van der Waals surface area contributed by atoms with E-state index in [1.165, 1.54) is 10.9 Å². The summed E-state index contributed by atoms with van der Waals surface area (Å²) in [7, 11) is 1.93. The minimum atomic E-state index is -0.155. The lowest BCUT2D eigenvalue weighted by Gasteiger charge is -2.19. The first kappa shape index (κ1) is 19.6. The van der Waals surface area contributed by atoms with Crippen LogP contribution < -0.4 is 10.6 Å². The molecule has 0 aliphatic heterocycles. The number of benzene rings is 1. The Hall–Kier alpha value is -2.74. The van der Waals surface area contributed by atoms with Gasteiger partial charge in [-0.2, -0.15) is 0 Å². The highest BCUT2D eigenvalue weighted by atomic mass is 32.1. The number of nitrogens with zero attached hydrogens (tertiary/aromatic N) is 4. The fraction of sp³-hybridized carbons (Fsp3) is 0.381. The summed E-state index contributed by atoms with van der Waals surface area (Å²) in [5.74, 6) is 2.22. The number of hydrogen-bond donors (Lipinski definition) is 2. The van der Waals surface area contributed by atoms with Crippen LogP contribution in [0.3, 0.4) is 0 Å². The molecule has 2 N–H and O–H groups in total. The summed E-state index contributed by atoms with van der Waals surface area (Å²) in [5, 5.41) is 17.1. The molecule has 1 aliphatic carbocycles. The van der Waals surface area contributed by atoms with Gasteiger partial charge in [0.25, 0.3) is 0 Å². The average molecular weight is 413 g/mol. The van der Waals surface area contributed by atoms with Crippen molar-refractivity contribution in [2.24, 2.45) is 12.0 Å². The van der Waals surface area contributed by atoms with Gasteiger partial charge in [-0.3, -0.25) is 0 Å². The Morgan fingerprint density at radius 2 is 2.03 bits per heavy atom. The van der Waals surface area contributed by atoms with Crippen molar-refractivity contribution in [1.29, 1.82) is 0 Å². The number of hydrogen-bond acceptors (Lipinski definition) is 4. The molecule has 0 saturated heterocycles. The molecule has 1 saturated carbocycles. The van der Waals surface area contributed by atoms with Crippen LogP contribution in [-0.2, 0) is 25.6 Å². The SMILES string of the molecule is Cc1nnc(CN=C(NCc2cccs2)NCC2(c3ccccc3F)CC2)n1C. The summed E-state index contributed by atoms with van der Waals surface area (Å²) in [6.07, 6.45) is 1.95. The van der Waals surface area contributed by atoms with Crippen molar-refractivity contribution in [3.63, 3.8) is 0 Å². The summed E-state index contributed by atoms with van der Waals surface area (Å²) in [6.45, 7) is 3.67. The van der Waals surface area contributed by atoms with Gasteiger partial charge in [-0.15, -0.1) is 21.5 Å². The van der Waals surface area contributed by atoms with Crippen molar-refractivity contribution in [2.75, 3.05) is 6.54 Å². The Bertz CT molecular complexity index is 991. The zero-order valence-corrected chi connectivity index (χ0v) is 17.5. The summed E-state index contributed by atoms with van der Waals surface area (Å²) < 4.78 is 16.2. The van der Waals surface area contributed by atoms with Crippen LogP contribution in [0.15, 0.2) is 46.8 Å². The molecule has 2 aromatic heterocycles. The number of guanidine groups is 1. The molecule has 6 nitrogen and oxygen atoms in total. The molecule has 0 spiro atoms. The molecule has 4 rings (SSSR count). The monoisotopic (exact) mass is 412 g/mol. The molecule has 0 amide bonds. The van der Waals surface area contributed by atoms with Crippen LogP contribution in [-0.4, -0.2) is 27.3 Å². The maximum Gasteiger partial charge on any atom is 0.192 e. The van der Waals surface area contributed by atoms with Crippen molar-refractivity contribution < 1.29 is 4.39 Å². The first-order chi connectivity index (χ1) is 14.1. The lowest BCUT2D eigenvalue weighted by atomic mass is 9.95. The largest absolute Gasteiger partial charge is 0.355 e. The highest BCUT2D eigenvalue weighted by molar-refractivity contribution is 7.09. The third kappa shape index (κ3) is 4.48. The second-order valence-corrected chi connectivity index (χ2v) is 8.47. The maximum absolute atomic E-state index is 14.3. The average Bonchev–Trinajstić information content (AvgIpc) is 3.18. The van der Waals surface area contributed by atoms with Crippen LogP contribution in [0.25, 0.3) is 0 Å². The number of halogens is 1. The molecule has 2 heterocycles. The molecular weight excluding hydrogens is 387 g/mol. The quantitative estimate of drug-likeness (QED) is 0.462. The van der Waals surface area contributed by atoms with E-state index < -0.39 is 0 Å². The van der Waals surface area contributed by atoms with E-state index in [2.05, 4.69) is 32.3 Å². The predicted octanol–water partition coefficient (Wildman–Crippen LogP) is 3.29. The summed E-state index contributed by atoms with van der Waals surface area (Å²) in [6, 6.07) is 11.2. The normalized spacial score (nSPS) is 15.3. The second-order valence-electron chi connectivity index (χ2n) is 7.43. The van der Waals surface area contributed by atoms with Gasteiger partial charge < -0.3 is 15.2 Å². The molecule has 1 aromatic carbocycles. The Kier molecular flexibility index (Phi) is 5.62. The molecule has 1 fully saturated rings. The van der Waals surface area contributed by atoms with Gasteiger partial charge in [-0.05, 0) is 42.8 Å². The summed E-state index contributed by atoms with van der Waals surface area (Å²) in [4.78, 5) is 5.92. The van der Waals surface area contributed by atoms with Crippen molar-refractivity contribution in [2.45, 2.75) is 38.3 Å². The fourth-order valence-electron chi connectivity index (χ4n) is 3.33. The van der Waals surface area contributed by atoms with Crippen molar-refractivity contribution in [1.82, 2.24) is 25.4 Å². The first-order valence-electron chi connectivity index (χ1n) is 9.72. The third-order valence-electron chi connectivity index (χ3n) is 5.46. The van der Waals surface area contributed by atoms with Gasteiger partial charge in [0.1, 0.15) is 18.2 Å². The molecule has 3 aromatic rings. The van der Waals surface area contributed by atoms with Gasteiger partial charge in [0.05, 0.1) is 6.54 Å². The third-order valence-corrected chi connectivity index (χ3v) is 6.34. The van der Waals surface area contributed by atoms with Crippen LogP contribution in [0, 0.1) is 12.7 Å². The van der Waals surface area contributed by atoms with E-state index in [0.29, 0.717) is 25.6 Å². The van der Waals surface area contributed by atoms with Gasteiger partial charge in [0.15, 0.2) is 11.8 Å². The number of nitrogens with one attached hydrogen (secondary N) is 2. The number of aromatic nitrogens is 3. The minimum Gasteiger partial charge on any atom is -0.355 e. The van der Waals surface area contributed by atoms with Gasteiger partial charge in [-0.1, -0.05) is 24.3 Å². The van der Waals surface area contributed by atoms with Gasteiger partial charge in [0.2, 0.25) is 0 Å². The van der Waals surface area contributed by atoms with Gasteiger partial charge >= 0.3 is 0 Å². The van der Waals surface area contributed by atoms with E-state index in [4.69, 9.17) is 4.99 Å². The molecule has 0 atom stereocenters. The number of aliphatic imine (C=N–C) groups is 1. The van der Waals surface area contributed by atoms with E-state index >= 15 is 0 Å². The molecule has 8 heteroatoms. The standard InChI is InChI=1S/C21H25FN6S/c1-15-26-27-19(28(15)2)13-24-20(23-12-16-6-5-11-29-16)25-14-21(9-10-21)17-7-3-4-8-18(17)22/h3-8,11H,9-10,12-14H2,1-2H3,(H2,23,24,25). The van der Waals surface area contributed by atoms with Crippen molar-refractivity contribution in [3.8, 4) is 0 Å². The highest BCUT2D eigenvalue weighted by Gasteiger charge is 2.45. The van der Waals surface area contributed by atoms with Crippen LogP contribution in [0.2, 0.25) is 0 Å². The Labute approximate surface area is 173 Å². The van der Waals surface area contributed by atoms with Crippen LogP contribution in [0.5, 0.6) is 0 Å². The predicted molar refractivity (Wildman–Crippen MR) is 113 cm³/mol. The van der Waals surface area contributed by atoms with E-state index in [1.807, 2.05) is 36.7 Å². The molecule has 152 valence electrons. The first-order valence-corrected chi connectivity index (χ1v) is 10.6. The Balaban J connectivity index is 1.46. The Morgan fingerprint density at radius 1 is 1.21 bits per heavy atom. The number of rotatable bonds is 7. The number of aryl methyl sites for hydroxylation is 1. The summed E-state index contributed by atoms with van der Waals surface area (Å²) in [5.41, 5.74) is 0.631. The van der Waals surface area contributed by atoms with Crippen molar-refractivity contribution in [3.05, 3.63) is 69.7 Å². The zero-order valence-electron chi connectivity index (χ0n) is 16.7. The molecule has 0 bridgehead atoms. The lowest BCUT2D eigenvalue weighted by molar-refractivity contribution is 0.559. The minimum absolute atomic E-state index is 0.133. The number of thiophene rings is 1. The van der Waals surface area contributed by atoms with E-state index in [-0.39, 0.29) is 11.2 Å². The smallest absolute Gasteiger partial charge is 0.192 e. The van der Waals surface area contributed by atoms with E-state index in [9.17, 15) is 4.39 Å². The van der Waals surface area contributed by atoms with Crippen LogP contribution in [0.4, 0.5) is 4.39 Å². The molecule has 0 unspecified atom stereocenters. The van der Waals surface area contributed by atoms with E-state index in [0.717, 1.165) is 30.1 Å².